The fraction of sp³-hybridized carbons (Fsp3) is 0.0909. The number of carboxylic acids is 1. The molecular weight excluding hydrogens is 249 g/mol. The highest BCUT2D eigenvalue weighted by atomic mass is 19.4. The SMILES string of the molecule is Nc1cnc2c(C(F)(F)F)cccc2c1C(=O)O. The number of rotatable bonds is 1. The first-order valence-electron chi connectivity index (χ1n) is 4.80. The van der Waals surface area contributed by atoms with Crippen LogP contribution in [-0.2, 0) is 6.18 Å². The molecule has 0 radical (unpaired) electrons. The van der Waals surface area contributed by atoms with E-state index >= 15 is 0 Å². The number of halogens is 3. The van der Waals surface area contributed by atoms with Crippen LogP contribution in [0.5, 0.6) is 0 Å². The van der Waals surface area contributed by atoms with Crippen LogP contribution in [0.2, 0.25) is 0 Å². The van der Waals surface area contributed by atoms with E-state index in [1.807, 2.05) is 0 Å². The van der Waals surface area contributed by atoms with E-state index < -0.39 is 23.2 Å². The minimum atomic E-state index is -4.60. The zero-order valence-corrected chi connectivity index (χ0v) is 8.82. The molecule has 0 fully saturated rings. The smallest absolute Gasteiger partial charge is 0.418 e. The Balaban J connectivity index is 2.90. The van der Waals surface area contributed by atoms with E-state index in [0.29, 0.717) is 0 Å². The third-order valence-electron chi connectivity index (χ3n) is 2.45. The molecule has 1 heterocycles. The standard InChI is InChI=1S/C11H7F3N2O2/c12-11(13,14)6-3-1-2-5-8(10(17)18)7(15)4-16-9(5)6/h1-4H,15H2,(H,17,18). The number of carbonyl (C=O) groups is 1. The van der Waals surface area contributed by atoms with Gasteiger partial charge in [0.2, 0.25) is 0 Å². The predicted molar refractivity (Wildman–Crippen MR) is 58.1 cm³/mol. The summed E-state index contributed by atoms with van der Waals surface area (Å²) in [6, 6.07) is 3.22. The number of para-hydroxylation sites is 1. The van der Waals surface area contributed by atoms with E-state index in [2.05, 4.69) is 4.98 Å². The summed E-state index contributed by atoms with van der Waals surface area (Å²) >= 11 is 0. The fourth-order valence-electron chi connectivity index (χ4n) is 1.71. The molecule has 4 nitrogen and oxygen atoms in total. The number of aromatic nitrogens is 1. The Bertz CT molecular complexity index is 638. The van der Waals surface area contributed by atoms with Crippen LogP contribution in [0.15, 0.2) is 24.4 Å². The summed E-state index contributed by atoms with van der Waals surface area (Å²) in [7, 11) is 0. The third-order valence-corrected chi connectivity index (χ3v) is 2.45. The number of nitrogens with two attached hydrogens (primary N) is 1. The van der Waals surface area contributed by atoms with Gasteiger partial charge in [0, 0.05) is 5.39 Å². The number of fused-ring (bicyclic) bond motifs is 1. The average molecular weight is 256 g/mol. The molecule has 0 aliphatic heterocycles. The largest absolute Gasteiger partial charge is 0.478 e. The Morgan fingerprint density at radius 2 is 2.00 bits per heavy atom. The number of aromatic carboxylic acids is 1. The highest BCUT2D eigenvalue weighted by molar-refractivity contribution is 6.07. The molecule has 0 bridgehead atoms. The van der Waals surface area contributed by atoms with Crippen molar-refractivity contribution in [3.05, 3.63) is 35.5 Å². The molecular formula is C11H7F3N2O2. The van der Waals surface area contributed by atoms with Crippen molar-refractivity contribution in [2.24, 2.45) is 0 Å². The van der Waals surface area contributed by atoms with E-state index in [4.69, 9.17) is 10.8 Å². The van der Waals surface area contributed by atoms with Crippen molar-refractivity contribution in [3.63, 3.8) is 0 Å². The van der Waals surface area contributed by atoms with Crippen molar-refractivity contribution in [1.82, 2.24) is 4.98 Å². The number of benzene rings is 1. The van der Waals surface area contributed by atoms with Gasteiger partial charge >= 0.3 is 12.1 Å². The van der Waals surface area contributed by atoms with Gasteiger partial charge in [-0.15, -0.1) is 0 Å². The molecule has 18 heavy (non-hydrogen) atoms. The minimum Gasteiger partial charge on any atom is -0.478 e. The second kappa shape index (κ2) is 3.86. The van der Waals surface area contributed by atoms with Crippen molar-refractivity contribution in [1.29, 1.82) is 0 Å². The number of hydrogen-bond acceptors (Lipinski definition) is 3. The van der Waals surface area contributed by atoms with Crippen LogP contribution in [0.4, 0.5) is 18.9 Å². The maximum Gasteiger partial charge on any atom is 0.418 e. The number of anilines is 1. The normalized spacial score (nSPS) is 11.7. The first kappa shape index (κ1) is 12.2. The van der Waals surface area contributed by atoms with Gasteiger partial charge in [-0.2, -0.15) is 13.2 Å². The quantitative estimate of drug-likeness (QED) is 0.822. The van der Waals surface area contributed by atoms with Crippen LogP contribution >= 0.6 is 0 Å². The van der Waals surface area contributed by atoms with Gasteiger partial charge in [-0.25, -0.2) is 4.79 Å². The van der Waals surface area contributed by atoms with Crippen LogP contribution in [0.1, 0.15) is 15.9 Å². The van der Waals surface area contributed by atoms with Gasteiger partial charge < -0.3 is 10.8 Å². The van der Waals surface area contributed by atoms with E-state index in [1.165, 1.54) is 6.07 Å². The molecule has 94 valence electrons. The second-order valence-electron chi connectivity index (χ2n) is 3.59. The first-order valence-corrected chi connectivity index (χ1v) is 4.80. The van der Waals surface area contributed by atoms with Gasteiger partial charge in [0.05, 0.1) is 28.5 Å². The Labute approximate surface area is 98.9 Å². The zero-order valence-electron chi connectivity index (χ0n) is 8.82. The molecule has 0 aliphatic carbocycles. The molecule has 3 N–H and O–H groups in total. The van der Waals surface area contributed by atoms with Crippen molar-refractivity contribution < 1.29 is 23.1 Å². The number of hydrogen-bond donors (Lipinski definition) is 2. The monoisotopic (exact) mass is 256 g/mol. The van der Waals surface area contributed by atoms with Crippen molar-refractivity contribution in [3.8, 4) is 0 Å². The van der Waals surface area contributed by atoms with Crippen molar-refractivity contribution in [2.75, 3.05) is 5.73 Å². The Morgan fingerprint density at radius 1 is 1.33 bits per heavy atom. The van der Waals surface area contributed by atoms with Crippen molar-refractivity contribution in [2.45, 2.75) is 6.18 Å². The molecule has 1 aromatic heterocycles. The lowest BCUT2D eigenvalue weighted by atomic mass is 10.0. The molecule has 0 unspecified atom stereocenters. The van der Waals surface area contributed by atoms with E-state index in [1.54, 1.807) is 0 Å². The number of nitrogens with zero attached hydrogens (tertiary/aromatic N) is 1. The van der Waals surface area contributed by atoms with Crippen LogP contribution in [0, 0.1) is 0 Å². The molecule has 7 heteroatoms. The van der Waals surface area contributed by atoms with Gasteiger partial charge in [0.1, 0.15) is 0 Å². The molecule has 0 saturated heterocycles. The van der Waals surface area contributed by atoms with Gasteiger partial charge in [0.25, 0.3) is 0 Å². The lowest BCUT2D eigenvalue weighted by Crippen LogP contribution is -2.10. The summed E-state index contributed by atoms with van der Waals surface area (Å²) in [5.41, 5.74) is 3.48. The first-order chi connectivity index (χ1) is 8.32. The number of pyridine rings is 1. The van der Waals surface area contributed by atoms with Gasteiger partial charge in [-0.1, -0.05) is 12.1 Å². The molecule has 0 atom stereocenters. The lowest BCUT2D eigenvalue weighted by Gasteiger charge is -2.11. The maximum absolute atomic E-state index is 12.7. The number of carboxylic acid groups (broad SMARTS) is 1. The van der Waals surface area contributed by atoms with Gasteiger partial charge in [0.15, 0.2) is 0 Å². The van der Waals surface area contributed by atoms with E-state index in [9.17, 15) is 18.0 Å². The predicted octanol–water partition coefficient (Wildman–Crippen LogP) is 2.53. The lowest BCUT2D eigenvalue weighted by molar-refractivity contribution is -0.136. The van der Waals surface area contributed by atoms with E-state index in [-0.39, 0.29) is 16.6 Å². The Morgan fingerprint density at radius 3 is 2.56 bits per heavy atom. The minimum absolute atomic E-state index is 0.127. The molecule has 1 aromatic carbocycles. The summed E-state index contributed by atoms with van der Waals surface area (Å²) < 4.78 is 38.2. The Kier molecular flexibility index (Phi) is 2.61. The van der Waals surface area contributed by atoms with Crippen LogP contribution in [0.25, 0.3) is 10.9 Å². The molecule has 0 amide bonds. The maximum atomic E-state index is 12.7. The Hall–Kier alpha value is -2.31. The molecule has 0 aliphatic rings. The molecule has 0 saturated carbocycles. The highest BCUT2D eigenvalue weighted by Gasteiger charge is 2.33. The van der Waals surface area contributed by atoms with Gasteiger partial charge in [-0.3, -0.25) is 4.98 Å². The summed E-state index contributed by atoms with van der Waals surface area (Å²) in [4.78, 5) is 14.6. The second-order valence-corrected chi connectivity index (χ2v) is 3.59. The number of alkyl halides is 3. The number of nitrogen functional groups attached to an aromatic ring is 1. The summed E-state index contributed by atoms with van der Waals surface area (Å²) in [5.74, 6) is -1.39. The summed E-state index contributed by atoms with van der Waals surface area (Å²) in [5, 5.41) is 8.84. The fourth-order valence-corrected chi connectivity index (χ4v) is 1.71. The molecule has 0 spiro atoms. The van der Waals surface area contributed by atoms with E-state index in [0.717, 1.165) is 18.3 Å². The zero-order chi connectivity index (χ0) is 13.5. The molecule has 2 aromatic rings. The third kappa shape index (κ3) is 1.83. The topological polar surface area (TPSA) is 76.2 Å². The van der Waals surface area contributed by atoms with Crippen LogP contribution in [0.3, 0.4) is 0 Å². The van der Waals surface area contributed by atoms with Crippen molar-refractivity contribution >= 4 is 22.6 Å². The molecule has 2 rings (SSSR count). The summed E-state index contributed by atoms with van der Waals surface area (Å²) in [6.07, 6.45) is -3.68. The average Bonchev–Trinajstić information content (AvgIpc) is 2.25. The van der Waals surface area contributed by atoms with Crippen LogP contribution < -0.4 is 5.73 Å². The van der Waals surface area contributed by atoms with Gasteiger partial charge in [-0.05, 0) is 6.07 Å². The summed E-state index contributed by atoms with van der Waals surface area (Å²) in [6.45, 7) is 0. The highest BCUT2D eigenvalue weighted by Crippen LogP contribution is 2.35. The van der Waals surface area contributed by atoms with Crippen LogP contribution in [-0.4, -0.2) is 16.1 Å².